The summed E-state index contributed by atoms with van der Waals surface area (Å²) in [4.78, 5) is 0.559. The smallest absolute Gasteiger partial charge is 0.206 e. The largest absolute Gasteiger partial charge is 0.399 e. The second kappa shape index (κ2) is 5.23. The zero-order valence-corrected chi connectivity index (χ0v) is 10.2. The summed E-state index contributed by atoms with van der Waals surface area (Å²) in [6, 6.07) is 13.0. The molecular weight excluding hydrogens is 246 g/mol. The Morgan fingerprint density at radius 1 is 0.833 bits per heavy atom. The van der Waals surface area contributed by atoms with Crippen LogP contribution in [0.15, 0.2) is 58.3 Å². The highest BCUT2D eigenvalue weighted by atomic mass is 32.2. The first kappa shape index (κ1) is 14.3. The lowest BCUT2D eigenvalue weighted by Gasteiger charge is -2.05. The molecule has 0 saturated heterocycles. The molecule has 0 amide bonds. The minimum absolute atomic E-state index is 0. The van der Waals surface area contributed by atoms with E-state index in [2.05, 4.69) is 0 Å². The zero-order chi connectivity index (χ0) is 12.5. The molecule has 0 aromatic heterocycles. The molecule has 0 spiro atoms. The molecule has 18 heavy (non-hydrogen) atoms. The van der Waals surface area contributed by atoms with E-state index in [1.165, 1.54) is 12.1 Å². The Morgan fingerprint density at radius 3 is 1.67 bits per heavy atom. The average molecular weight is 263 g/mol. The van der Waals surface area contributed by atoms with Crippen LogP contribution in [-0.4, -0.2) is 8.42 Å². The van der Waals surface area contributed by atoms with Gasteiger partial charge >= 0.3 is 0 Å². The van der Waals surface area contributed by atoms with Crippen LogP contribution in [0.1, 0.15) is 13.0 Å². The van der Waals surface area contributed by atoms with Crippen molar-refractivity contribution in [2.75, 3.05) is 5.73 Å². The molecule has 0 saturated carbocycles. The number of nitrogen functional groups attached to an aromatic ring is 1. The minimum Gasteiger partial charge on any atom is -0.399 e. The van der Waals surface area contributed by atoms with E-state index in [9.17, 15) is 8.42 Å². The fraction of sp³-hybridized carbons (Fsp3) is 0.143. The first-order valence-electron chi connectivity index (χ1n) is 5.17. The van der Waals surface area contributed by atoms with Crippen molar-refractivity contribution in [1.29, 1.82) is 0 Å². The number of aryl methyl sites for hydroxylation is 1. The van der Waals surface area contributed by atoms with Gasteiger partial charge in [0.25, 0.3) is 0 Å². The standard InChI is InChI=1S/C13H13NO2S.CH4/c1-10-2-6-12(7-3-10)17(15,16)13-8-4-11(14)5-9-13;/h2-9H,14H2,1H3;1H4. The van der Waals surface area contributed by atoms with E-state index in [4.69, 9.17) is 5.73 Å². The van der Waals surface area contributed by atoms with E-state index < -0.39 is 9.84 Å². The van der Waals surface area contributed by atoms with Crippen LogP contribution in [0.3, 0.4) is 0 Å². The maximum atomic E-state index is 12.2. The fourth-order valence-corrected chi connectivity index (χ4v) is 2.76. The highest BCUT2D eigenvalue weighted by molar-refractivity contribution is 7.91. The molecule has 0 aliphatic carbocycles. The molecule has 2 aromatic rings. The topological polar surface area (TPSA) is 60.2 Å². The Bertz CT molecular complexity index is 562. The van der Waals surface area contributed by atoms with Gasteiger partial charge < -0.3 is 5.73 Å². The van der Waals surface area contributed by atoms with Crippen LogP contribution in [0.25, 0.3) is 0 Å². The average Bonchev–Trinajstić information content (AvgIpc) is 2.30. The van der Waals surface area contributed by atoms with E-state index in [0.29, 0.717) is 10.6 Å². The first-order chi connectivity index (χ1) is 8.00. The van der Waals surface area contributed by atoms with Crippen molar-refractivity contribution in [2.24, 2.45) is 0 Å². The molecular formula is C14H17NO2S. The summed E-state index contributed by atoms with van der Waals surface area (Å²) in [6.45, 7) is 1.92. The molecule has 0 bridgehead atoms. The van der Waals surface area contributed by atoms with E-state index in [1.807, 2.05) is 6.92 Å². The zero-order valence-electron chi connectivity index (χ0n) is 9.42. The van der Waals surface area contributed by atoms with Gasteiger partial charge in [0.15, 0.2) is 0 Å². The number of sulfone groups is 1. The minimum atomic E-state index is -3.43. The van der Waals surface area contributed by atoms with Gasteiger partial charge in [-0.3, -0.25) is 0 Å². The maximum Gasteiger partial charge on any atom is 0.206 e. The third-order valence-corrected chi connectivity index (χ3v) is 4.31. The molecule has 2 aromatic carbocycles. The maximum absolute atomic E-state index is 12.2. The van der Waals surface area contributed by atoms with Gasteiger partial charge in [-0.15, -0.1) is 0 Å². The highest BCUT2D eigenvalue weighted by Crippen LogP contribution is 2.21. The lowest BCUT2D eigenvalue weighted by Crippen LogP contribution is -2.02. The van der Waals surface area contributed by atoms with Crippen molar-refractivity contribution in [3.63, 3.8) is 0 Å². The van der Waals surface area contributed by atoms with E-state index in [1.54, 1.807) is 36.4 Å². The summed E-state index contributed by atoms with van der Waals surface area (Å²) < 4.78 is 24.4. The van der Waals surface area contributed by atoms with E-state index >= 15 is 0 Å². The van der Waals surface area contributed by atoms with Gasteiger partial charge in [-0.2, -0.15) is 0 Å². The molecule has 0 fully saturated rings. The van der Waals surface area contributed by atoms with Crippen molar-refractivity contribution >= 4 is 15.5 Å². The molecule has 0 aliphatic rings. The van der Waals surface area contributed by atoms with Crippen molar-refractivity contribution in [3.8, 4) is 0 Å². The van der Waals surface area contributed by atoms with Gasteiger partial charge in [0, 0.05) is 5.69 Å². The Kier molecular flexibility index (Phi) is 4.14. The summed E-state index contributed by atoms with van der Waals surface area (Å²) in [6.07, 6.45) is 0. The van der Waals surface area contributed by atoms with Crippen molar-refractivity contribution in [2.45, 2.75) is 24.1 Å². The summed E-state index contributed by atoms with van der Waals surface area (Å²) in [7, 11) is -3.43. The summed E-state index contributed by atoms with van der Waals surface area (Å²) in [5.74, 6) is 0. The van der Waals surface area contributed by atoms with Gasteiger partial charge in [-0.05, 0) is 43.3 Å². The van der Waals surface area contributed by atoms with Gasteiger partial charge in [0.2, 0.25) is 9.84 Å². The lowest BCUT2D eigenvalue weighted by molar-refractivity contribution is 0.596. The molecule has 0 unspecified atom stereocenters. The molecule has 96 valence electrons. The van der Waals surface area contributed by atoms with Crippen molar-refractivity contribution in [1.82, 2.24) is 0 Å². The van der Waals surface area contributed by atoms with Gasteiger partial charge in [-0.25, -0.2) is 8.42 Å². The van der Waals surface area contributed by atoms with Crippen LogP contribution < -0.4 is 5.73 Å². The monoisotopic (exact) mass is 263 g/mol. The summed E-state index contributed by atoms with van der Waals surface area (Å²) in [5, 5.41) is 0. The fourth-order valence-electron chi connectivity index (χ4n) is 1.50. The van der Waals surface area contributed by atoms with Gasteiger partial charge in [0.05, 0.1) is 9.79 Å². The number of anilines is 1. The van der Waals surface area contributed by atoms with Gasteiger partial charge in [0.1, 0.15) is 0 Å². The molecule has 3 nitrogen and oxygen atoms in total. The number of hydrogen-bond acceptors (Lipinski definition) is 3. The number of benzene rings is 2. The molecule has 0 radical (unpaired) electrons. The predicted octanol–water partition coefficient (Wildman–Crippen LogP) is 3.05. The van der Waals surface area contributed by atoms with Crippen LogP contribution in [0.2, 0.25) is 0 Å². The molecule has 0 atom stereocenters. The van der Waals surface area contributed by atoms with Gasteiger partial charge in [-0.1, -0.05) is 25.1 Å². The predicted molar refractivity (Wildman–Crippen MR) is 74.2 cm³/mol. The highest BCUT2D eigenvalue weighted by Gasteiger charge is 2.16. The van der Waals surface area contributed by atoms with Crippen molar-refractivity contribution in [3.05, 3.63) is 54.1 Å². The second-order valence-electron chi connectivity index (χ2n) is 3.89. The van der Waals surface area contributed by atoms with Crippen LogP contribution in [0, 0.1) is 6.92 Å². The third-order valence-electron chi connectivity index (χ3n) is 2.52. The summed E-state index contributed by atoms with van der Waals surface area (Å²) in [5.41, 5.74) is 7.11. The third kappa shape index (κ3) is 2.71. The Balaban J connectivity index is 0.00000162. The molecule has 0 aliphatic heterocycles. The second-order valence-corrected chi connectivity index (χ2v) is 5.84. The number of hydrogen-bond donors (Lipinski definition) is 1. The lowest BCUT2D eigenvalue weighted by atomic mass is 10.2. The molecule has 4 heteroatoms. The molecule has 0 heterocycles. The van der Waals surface area contributed by atoms with E-state index in [-0.39, 0.29) is 12.3 Å². The molecule has 2 N–H and O–H groups in total. The summed E-state index contributed by atoms with van der Waals surface area (Å²) >= 11 is 0. The Hall–Kier alpha value is -1.81. The quantitative estimate of drug-likeness (QED) is 0.847. The first-order valence-corrected chi connectivity index (χ1v) is 6.66. The van der Waals surface area contributed by atoms with Crippen LogP contribution in [0.5, 0.6) is 0 Å². The van der Waals surface area contributed by atoms with Crippen LogP contribution >= 0.6 is 0 Å². The number of rotatable bonds is 2. The Labute approximate surface area is 108 Å². The van der Waals surface area contributed by atoms with Crippen LogP contribution in [-0.2, 0) is 9.84 Å². The van der Waals surface area contributed by atoms with Crippen LogP contribution in [0.4, 0.5) is 5.69 Å². The Morgan fingerprint density at radius 2 is 1.22 bits per heavy atom. The van der Waals surface area contributed by atoms with E-state index in [0.717, 1.165) is 5.56 Å². The van der Waals surface area contributed by atoms with Crippen molar-refractivity contribution < 1.29 is 8.42 Å². The normalized spacial score (nSPS) is 10.7. The number of nitrogens with two attached hydrogens (primary N) is 1. The SMILES string of the molecule is C.Cc1ccc(S(=O)(=O)c2ccc(N)cc2)cc1. The molecule has 2 rings (SSSR count).